The lowest BCUT2D eigenvalue weighted by atomic mass is 9.92. The van der Waals surface area contributed by atoms with E-state index in [0.29, 0.717) is 12.0 Å². The lowest BCUT2D eigenvalue weighted by molar-refractivity contribution is 0.261. The lowest BCUT2D eigenvalue weighted by Crippen LogP contribution is -2.10. The Hall–Kier alpha value is -1.87. The van der Waals surface area contributed by atoms with Gasteiger partial charge in [-0.25, -0.2) is 4.39 Å². The van der Waals surface area contributed by atoms with E-state index in [1.165, 1.54) is 6.07 Å². The monoisotopic (exact) mass is 260 g/mol. The molecule has 0 heterocycles. The second-order valence-electron chi connectivity index (χ2n) is 4.42. The first-order chi connectivity index (χ1) is 9.26. The van der Waals surface area contributed by atoms with Gasteiger partial charge in [0.05, 0.1) is 13.7 Å². The lowest BCUT2D eigenvalue weighted by Gasteiger charge is -2.17. The Bertz CT molecular complexity index is 540. The third-order valence-corrected chi connectivity index (χ3v) is 3.22. The van der Waals surface area contributed by atoms with Crippen molar-refractivity contribution in [2.45, 2.75) is 12.3 Å². The Morgan fingerprint density at radius 3 is 2.47 bits per heavy atom. The van der Waals surface area contributed by atoms with Crippen molar-refractivity contribution >= 4 is 0 Å². The van der Waals surface area contributed by atoms with Gasteiger partial charge in [-0.05, 0) is 29.7 Å². The highest BCUT2D eigenvalue weighted by Gasteiger charge is 2.16. The van der Waals surface area contributed by atoms with E-state index in [0.717, 1.165) is 11.3 Å². The molecule has 0 aliphatic heterocycles. The molecule has 0 aromatic heterocycles. The summed E-state index contributed by atoms with van der Waals surface area (Å²) in [6, 6.07) is 14.2. The number of methoxy groups -OCH3 is 1. The molecule has 2 aromatic carbocycles. The molecular formula is C16H17FO2. The molecule has 0 amide bonds. The quantitative estimate of drug-likeness (QED) is 0.894. The van der Waals surface area contributed by atoms with Crippen LogP contribution >= 0.6 is 0 Å². The summed E-state index contributed by atoms with van der Waals surface area (Å²) in [6.07, 6.45) is 0.543. The molecule has 0 fully saturated rings. The first kappa shape index (κ1) is 13.6. The van der Waals surface area contributed by atoms with E-state index < -0.39 is 0 Å². The fourth-order valence-corrected chi connectivity index (χ4v) is 2.22. The molecule has 2 nitrogen and oxygen atoms in total. The molecule has 2 rings (SSSR count). The van der Waals surface area contributed by atoms with Crippen LogP contribution in [0, 0.1) is 5.82 Å². The summed E-state index contributed by atoms with van der Waals surface area (Å²) in [7, 11) is 1.61. The summed E-state index contributed by atoms with van der Waals surface area (Å²) in [5.41, 5.74) is 1.50. The summed E-state index contributed by atoms with van der Waals surface area (Å²) in [4.78, 5) is 0. The number of halogens is 1. The number of ether oxygens (including phenoxy) is 1. The first-order valence-electron chi connectivity index (χ1n) is 6.23. The van der Waals surface area contributed by atoms with E-state index in [9.17, 15) is 9.50 Å². The van der Waals surface area contributed by atoms with Gasteiger partial charge in [-0.3, -0.25) is 0 Å². The van der Waals surface area contributed by atoms with Crippen molar-refractivity contribution in [2.24, 2.45) is 0 Å². The molecular weight excluding hydrogens is 243 g/mol. The Morgan fingerprint density at radius 2 is 1.79 bits per heavy atom. The van der Waals surface area contributed by atoms with E-state index >= 15 is 0 Å². The fraction of sp³-hybridized carbons (Fsp3) is 0.250. The molecule has 100 valence electrons. The van der Waals surface area contributed by atoms with Gasteiger partial charge in [-0.1, -0.05) is 36.4 Å². The van der Waals surface area contributed by atoms with Crippen molar-refractivity contribution in [2.75, 3.05) is 13.7 Å². The van der Waals surface area contributed by atoms with Crippen LogP contribution in [0.1, 0.15) is 17.0 Å². The van der Waals surface area contributed by atoms with Gasteiger partial charge in [-0.2, -0.15) is 0 Å². The number of rotatable bonds is 5. The van der Waals surface area contributed by atoms with Crippen molar-refractivity contribution in [3.8, 4) is 5.75 Å². The van der Waals surface area contributed by atoms with Gasteiger partial charge in [0, 0.05) is 5.92 Å². The molecule has 1 unspecified atom stereocenters. The number of hydrogen-bond acceptors (Lipinski definition) is 2. The van der Waals surface area contributed by atoms with Gasteiger partial charge < -0.3 is 9.84 Å². The number of benzene rings is 2. The zero-order valence-corrected chi connectivity index (χ0v) is 10.8. The second-order valence-corrected chi connectivity index (χ2v) is 4.42. The average molecular weight is 260 g/mol. The minimum absolute atomic E-state index is 0.0982. The second kappa shape index (κ2) is 6.34. The van der Waals surface area contributed by atoms with Crippen molar-refractivity contribution < 1.29 is 14.2 Å². The zero-order chi connectivity index (χ0) is 13.7. The molecule has 0 bridgehead atoms. The van der Waals surface area contributed by atoms with Gasteiger partial charge >= 0.3 is 0 Å². The van der Waals surface area contributed by atoms with Crippen LogP contribution in [0.5, 0.6) is 5.75 Å². The van der Waals surface area contributed by atoms with E-state index in [1.807, 2.05) is 24.3 Å². The predicted molar refractivity (Wildman–Crippen MR) is 72.9 cm³/mol. The summed E-state index contributed by atoms with van der Waals surface area (Å²) in [6.45, 7) is -0.0982. The van der Waals surface area contributed by atoms with Crippen LogP contribution in [-0.4, -0.2) is 18.8 Å². The van der Waals surface area contributed by atoms with Crippen molar-refractivity contribution in [3.63, 3.8) is 0 Å². The van der Waals surface area contributed by atoms with E-state index in [2.05, 4.69) is 0 Å². The Labute approximate surface area is 112 Å². The topological polar surface area (TPSA) is 29.5 Å². The molecule has 0 saturated heterocycles. The van der Waals surface area contributed by atoms with E-state index in [1.54, 1.807) is 25.3 Å². The first-order valence-corrected chi connectivity index (χ1v) is 6.23. The maximum absolute atomic E-state index is 13.8. The zero-order valence-electron chi connectivity index (χ0n) is 10.8. The van der Waals surface area contributed by atoms with Crippen LogP contribution in [-0.2, 0) is 6.42 Å². The average Bonchev–Trinajstić information content (AvgIpc) is 2.46. The maximum atomic E-state index is 13.8. The van der Waals surface area contributed by atoms with Gasteiger partial charge in [-0.15, -0.1) is 0 Å². The summed E-state index contributed by atoms with van der Waals surface area (Å²) < 4.78 is 19.1. The normalized spacial score (nSPS) is 12.2. The molecule has 3 heteroatoms. The number of aliphatic hydroxyl groups is 1. The molecule has 0 aliphatic rings. The van der Waals surface area contributed by atoms with Crippen molar-refractivity contribution in [1.29, 1.82) is 0 Å². The van der Waals surface area contributed by atoms with Crippen LogP contribution in [0.15, 0.2) is 48.5 Å². The number of aliphatic hydroxyl groups excluding tert-OH is 1. The number of para-hydroxylation sites is 1. The standard InChI is InChI=1S/C16H17FO2/c1-19-16-9-5-2-6-12(16)10-13(11-18)14-7-3-4-8-15(14)17/h2-9,13,18H,10-11H2,1H3. The van der Waals surface area contributed by atoms with Crippen LogP contribution in [0.3, 0.4) is 0 Å². The van der Waals surface area contributed by atoms with Gasteiger partial charge in [0.15, 0.2) is 0 Å². The van der Waals surface area contributed by atoms with Gasteiger partial charge in [0.25, 0.3) is 0 Å². The summed E-state index contributed by atoms with van der Waals surface area (Å²) >= 11 is 0. The third kappa shape index (κ3) is 3.12. The predicted octanol–water partition coefficient (Wildman–Crippen LogP) is 3.15. The van der Waals surface area contributed by atoms with Crippen LogP contribution in [0.2, 0.25) is 0 Å². The molecule has 2 aromatic rings. The minimum atomic E-state index is -0.281. The van der Waals surface area contributed by atoms with Gasteiger partial charge in [0.1, 0.15) is 11.6 Å². The Kier molecular flexibility index (Phi) is 4.53. The molecule has 0 aliphatic carbocycles. The SMILES string of the molecule is COc1ccccc1CC(CO)c1ccccc1F. The van der Waals surface area contributed by atoms with Crippen LogP contribution < -0.4 is 4.74 Å². The molecule has 0 spiro atoms. The van der Waals surface area contributed by atoms with Crippen molar-refractivity contribution in [1.82, 2.24) is 0 Å². The largest absolute Gasteiger partial charge is 0.496 e. The Morgan fingerprint density at radius 1 is 1.11 bits per heavy atom. The van der Waals surface area contributed by atoms with E-state index in [4.69, 9.17) is 4.74 Å². The molecule has 19 heavy (non-hydrogen) atoms. The molecule has 0 radical (unpaired) electrons. The summed E-state index contributed by atoms with van der Waals surface area (Å²) in [5, 5.41) is 9.52. The third-order valence-electron chi connectivity index (χ3n) is 3.22. The highest BCUT2D eigenvalue weighted by Crippen LogP contribution is 2.27. The molecule has 1 atom stereocenters. The van der Waals surface area contributed by atoms with Crippen LogP contribution in [0.25, 0.3) is 0 Å². The Balaban J connectivity index is 2.27. The van der Waals surface area contributed by atoms with Crippen molar-refractivity contribution in [3.05, 3.63) is 65.5 Å². The van der Waals surface area contributed by atoms with Gasteiger partial charge in [0.2, 0.25) is 0 Å². The molecule has 0 saturated carbocycles. The maximum Gasteiger partial charge on any atom is 0.126 e. The fourth-order valence-electron chi connectivity index (χ4n) is 2.22. The highest BCUT2D eigenvalue weighted by atomic mass is 19.1. The smallest absolute Gasteiger partial charge is 0.126 e. The highest BCUT2D eigenvalue weighted by molar-refractivity contribution is 5.35. The van der Waals surface area contributed by atoms with E-state index in [-0.39, 0.29) is 18.3 Å². The van der Waals surface area contributed by atoms with Crippen LogP contribution in [0.4, 0.5) is 4.39 Å². The minimum Gasteiger partial charge on any atom is -0.496 e. The summed E-state index contributed by atoms with van der Waals surface area (Å²) in [5.74, 6) is 0.214. The number of hydrogen-bond donors (Lipinski definition) is 1. The molecule has 1 N–H and O–H groups in total.